The minimum atomic E-state index is -1.12. The number of fused-ring (bicyclic) bond motifs is 1. The summed E-state index contributed by atoms with van der Waals surface area (Å²) in [6.45, 7) is 4.45. The van der Waals surface area contributed by atoms with Crippen LogP contribution in [0.25, 0.3) is 10.9 Å². The van der Waals surface area contributed by atoms with Gasteiger partial charge in [0, 0.05) is 29.7 Å². The first-order valence-corrected chi connectivity index (χ1v) is 6.80. The zero-order valence-electron chi connectivity index (χ0n) is 11.7. The van der Waals surface area contributed by atoms with E-state index < -0.39 is 5.97 Å². The van der Waals surface area contributed by atoms with Crippen LogP contribution in [-0.2, 0) is 4.74 Å². The molecule has 1 aliphatic rings. The van der Waals surface area contributed by atoms with E-state index in [1.807, 2.05) is 12.1 Å². The van der Waals surface area contributed by atoms with Gasteiger partial charge >= 0.3 is 5.97 Å². The monoisotopic (exact) mass is 288 g/mol. The van der Waals surface area contributed by atoms with Gasteiger partial charge in [0.1, 0.15) is 5.69 Å². The van der Waals surface area contributed by atoms with Crippen LogP contribution in [0.15, 0.2) is 23.0 Å². The maximum absolute atomic E-state index is 12.4. The molecule has 1 aromatic carbocycles. The molecule has 2 heterocycles. The minimum absolute atomic E-state index is 0.0494. The van der Waals surface area contributed by atoms with E-state index in [2.05, 4.69) is 9.88 Å². The summed E-state index contributed by atoms with van der Waals surface area (Å²) in [4.78, 5) is 28.5. The summed E-state index contributed by atoms with van der Waals surface area (Å²) in [5, 5.41) is 9.63. The van der Waals surface area contributed by atoms with Crippen molar-refractivity contribution in [3.05, 3.63) is 39.7 Å². The summed E-state index contributed by atoms with van der Waals surface area (Å²) < 4.78 is 5.32. The molecule has 1 fully saturated rings. The maximum Gasteiger partial charge on any atom is 0.352 e. The smallest absolute Gasteiger partial charge is 0.352 e. The number of H-pyrrole nitrogens is 1. The molecule has 6 nitrogen and oxygen atoms in total. The highest BCUT2D eigenvalue weighted by Gasteiger charge is 2.16. The number of nitrogens with one attached hydrogen (secondary N) is 1. The summed E-state index contributed by atoms with van der Waals surface area (Å²) in [5.41, 5.74) is 1.44. The van der Waals surface area contributed by atoms with Crippen molar-refractivity contribution in [1.82, 2.24) is 4.98 Å². The molecule has 0 radical (unpaired) electrons. The minimum Gasteiger partial charge on any atom is -0.477 e. The van der Waals surface area contributed by atoms with E-state index in [1.165, 1.54) is 6.92 Å². The molecule has 0 unspecified atom stereocenters. The number of aromatic carboxylic acids is 1. The van der Waals surface area contributed by atoms with Crippen molar-refractivity contribution in [3.63, 3.8) is 0 Å². The number of rotatable bonds is 2. The van der Waals surface area contributed by atoms with E-state index in [1.54, 1.807) is 6.07 Å². The molecular formula is C15H16N2O4. The average Bonchev–Trinajstić information content (AvgIpc) is 2.51. The summed E-state index contributed by atoms with van der Waals surface area (Å²) in [5.74, 6) is -1.12. The Morgan fingerprint density at radius 1 is 1.33 bits per heavy atom. The fraction of sp³-hybridized carbons (Fsp3) is 0.333. The number of aromatic nitrogens is 1. The van der Waals surface area contributed by atoms with Crippen molar-refractivity contribution in [1.29, 1.82) is 0 Å². The van der Waals surface area contributed by atoms with Crippen molar-refractivity contribution in [2.24, 2.45) is 0 Å². The van der Waals surface area contributed by atoms with Crippen LogP contribution >= 0.6 is 0 Å². The predicted octanol–water partition coefficient (Wildman–Crippen LogP) is 1.37. The van der Waals surface area contributed by atoms with E-state index in [-0.39, 0.29) is 16.7 Å². The lowest BCUT2D eigenvalue weighted by Crippen LogP contribution is -2.36. The summed E-state index contributed by atoms with van der Waals surface area (Å²) in [6.07, 6.45) is 0. The van der Waals surface area contributed by atoms with Crippen molar-refractivity contribution in [3.8, 4) is 0 Å². The lowest BCUT2D eigenvalue weighted by Gasteiger charge is -2.29. The molecule has 3 rings (SSSR count). The molecule has 6 heteroatoms. The zero-order valence-corrected chi connectivity index (χ0v) is 11.7. The average molecular weight is 288 g/mol. The van der Waals surface area contributed by atoms with E-state index in [9.17, 15) is 9.59 Å². The highest BCUT2D eigenvalue weighted by molar-refractivity contribution is 5.92. The van der Waals surface area contributed by atoms with E-state index in [0.29, 0.717) is 24.1 Å². The first-order chi connectivity index (χ1) is 10.1. The predicted molar refractivity (Wildman–Crippen MR) is 79.3 cm³/mol. The van der Waals surface area contributed by atoms with Gasteiger partial charge in [-0.15, -0.1) is 0 Å². The van der Waals surface area contributed by atoms with Crippen molar-refractivity contribution in [2.75, 3.05) is 31.2 Å². The van der Waals surface area contributed by atoms with Gasteiger partial charge in [0.05, 0.1) is 18.7 Å². The molecular weight excluding hydrogens is 272 g/mol. The lowest BCUT2D eigenvalue weighted by atomic mass is 10.1. The molecule has 1 aliphatic heterocycles. The Balaban J connectivity index is 2.13. The van der Waals surface area contributed by atoms with Crippen LogP contribution in [0.2, 0.25) is 0 Å². The van der Waals surface area contributed by atoms with Gasteiger partial charge in [0.2, 0.25) is 0 Å². The number of carboxylic acid groups (broad SMARTS) is 1. The Labute approximate surface area is 121 Å². The fourth-order valence-electron chi connectivity index (χ4n) is 2.61. The van der Waals surface area contributed by atoms with Gasteiger partial charge in [0.25, 0.3) is 0 Å². The number of hydrogen-bond donors (Lipinski definition) is 2. The number of hydrogen-bond acceptors (Lipinski definition) is 4. The summed E-state index contributed by atoms with van der Waals surface area (Å²) in [7, 11) is 0. The SMILES string of the molecule is Cc1c(C(=O)O)[nH]c2ccc(N3CCOCC3)cc2c1=O. The topological polar surface area (TPSA) is 82.6 Å². The quantitative estimate of drug-likeness (QED) is 0.872. The van der Waals surface area contributed by atoms with Crippen molar-refractivity contribution < 1.29 is 14.6 Å². The molecule has 2 aromatic rings. The Morgan fingerprint density at radius 2 is 2.05 bits per heavy atom. The third kappa shape index (κ3) is 2.38. The van der Waals surface area contributed by atoms with Crippen LogP contribution in [0.3, 0.4) is 0 Å². The van der Waals surface area contributed by atoms with Crippen LogP contribution in [0.1, 0.15) is 16.1 Å². The molecule has 1 aromatic heterocycles. The number of nitrogens with zero attached hydrogens (tertiary/aromatic N) is 1. The van der Waals surface area contributed by atoms with Crippen LogP contribution in [0.4, 0.5) is 5.69 Å². The van der Waals surface area contributed by atoms with Crippen molar-refractivity contribution >= 4 is 22.6 Å². The first-order valence-electron chi connectivity index (χ1n) is 6.80. The van der Waals surface area contributed by atoms with Gasteiger partial charge < -0.3 is 19.7 Å². The molecule has 1 saturated heterocycles. The van der Waals surface area contributed by atoms with Gasteiger partial charge in [-0.3, -0.25) is 4.79 Å². The highest BCUT2D eigenvalue weighted by atomic mass is 16.5. The van der Waals surface area contributed by atoms with Crippen LogP contribution < -0.4 is 10.3 Å². The number of ether oxygens (including phenoxy) is 1. The number of carboxylic acids is 1. The maximum atomic E-state index is 12.4. The normalized spacial score (nSPS) is 15.4. The molecule has 0 saturated carbocycles. The Morgan fingerprint density at radius 3 is 2.71 bits per heavy atom. The molecule has 0 atom stereocenters. The van der Waals surface area contributed by atoms with E-state index >= 15 is 0 Å². The number of aromatic amines is 1. The first kappa shape index (κ1) is 13.6. The van der Waals surface area contributed by atoms with Gasteiger partial charge in [0.15, 0.2) is 5.43 Å². The number of anilines is 1. The molecule has 21 heavy (non-hydrogen) atoms. The second kappa shape index (κ2) is 5.21. The molecule has 0 bridgehead atoms. The van der Waals surface area contributed by atoms with Crippen LogP contribution in [0.5, 0.6) is 0 Å². The van der Waals surface area contributed by atoms with Crippen molar-refractivity contribution in [2.45, 2.75) is 6.92 Å². The molecule has 2 N–H and O–H groups in total. The van der Waals surface area contributed by atoms with Gasteiger partial charge in [-0.1, -0.05) is 0 Å². The molecule has 110 valence electrons. The Hall–Kier alpha value is -2.34. The largest absolute Gasteiger partial charge is 0.477 e. The third-order valence-corrected chi connectivity index (χ3v) is 3.81. The second-order valence-electron chi connectivity index (χ2n) is 5.09. The van der Waals surface area contributed by atoms with Gasteiger partial charge in [-0.05, 0) is 25.1 Å². The molecule has 0 aliphatic carbocycles. The van der Waals surface area contributed by atoms with Gasteiger partial charge in [-0.2, -0.15) is 0 Å². The van der Waals surface area contributed by atoms with Crippen LogP contribution in [-0.4, -0.2) is 42.4 Å². The van der Waals surface area contributed by atoms with Gasteiger partial charge in [-0.25, -0.2) is 4.79 Å². The fourth-order valence-corrected chi connectivity index (χ4v) is 2.61. The van der Waals surface area contributed by atoms with E-state index in [4.69, 9.17) is 9.84 Å². The lowest BCUT2D eigenvalue weighted by molar-refractivity contribution is 0.0690. The van der Waals surface area contributed by atoms with E-state index in [0.717, 1.165) is 18.8 Å². The third-order valence-electron chi connectivity index (χ3n) is 3.81. The number of carbonyl (C=O) groups is 1. The summed E-state index contributed by atoms with van der Waals surface area (Å²) >= 11 is 0. The zero-order chi connectivity index (χ0) is 15.0. The standard InChI is InChI=1S/C15H16N2O4/c1-9-13(15(19)20)16-12-3-2-10(8-11(12)14(9)18)17-4-6-21-7-5-17/h2-3,8H,4-7H2,1H3,(H,16,18)(H,19,20). The number of morpholine rings is 1. The molecule has 0 spiro atoms. The van der Waals surface area contributed by atoms with Crippen LogP contribution in [0, 0.1) is 6.92 Å². The number of benzene rings is 1. The highest BCUT2D eigenvalue weighted by Crippen LogP contribution is 2.21. The second-order valence-corrected chi connectivity index (χ2v) is 5.09. The Kier molecular flexibility index (Phi) is 3.39. The number of pyridine rings is 1. The Bertz CT molecular complexity index is 760. The summed E-state index contributed by atoms with van der Waals surface area (Å²) in [6, 6.07) is 5.47. The molecule has 0 amide bonds.